The second-order valence-electron chi connectivity index (χ2n) is 5.71. The van der Waals surface area contributed by atoms with Crippen LogP contribution >= 0.6 is 12.4 Å². The molecule has 3 aromatic carbocycles. The molecule has 0 radical (unpaired) electrons. The molecule has 1 N–H and O–H groups in total. The number of ether oxygens (including phenoxy) is 1. The van der Waals surface area contributed by atoms with Crippen LogP contribution in [0.2, 0.25) is 0 Å². The minimum atomic E-state index is 0. The Morgan fingerprint density at radius 1 is 0.875 bits per heavy atom. The van der Waals surface area contributed by atoms with Gasteiger partial charge in [-0.15, -0.1) is 12.4 Å². The van der Waals surface area contributed by atoms with Gasteiger partial charge in [0.2, 0.25) is 0 Å². The topological polar surface area (TPSA) is 21.3 Å². The van der Waals surface area contributed by atoms with Crippen molar-refractivity contribution in [1.29, 1.82) is 0 Å². The lowest BCUT2D eigenvalue weighted by atomic mass is 10.0. The van der Waals surface area contributed by atoms with Crippen LogP contribution in [0, 0.1) is 0 Å². The number of fused-ring (bicyclic) bond motifs is 1. The van der Waals surface area contributed by atoms with Crippen LogP contribution in [0.3, 0.4) is 0 Å². The minimum absolute atomic E-state index is 0. The van der Waals surface area contributed by atoms with E-state index in [-0.39, 0.29) is 12.4 Å². The van der Waals surface area contributed by atoms with Crippen molar-refractivity contribution in [2.24, 2.45) is 0 Å². The standard InChI is InChI=1S/C21H23NO.ClH/c1-2-14-22-15-20-19-11-7-6-10-18(19)12-13-21(20)23-16-17-8-4-3-5-9-17;/h3-13,22H,2,14-16H2,1H3;1H. The third-order valence-electron chi connectivity index (χ3n) is 3.96. The molecule has 0 bridgehead atoms. The van der Waals surface area contributed by atoms with Gasteiger partial charge in [-0.25, -0.2) is 0 Å². The lowest BCUT2D eigenvalue weighted by Crippen LogP contribution is -2.15. The van der Waals surface area contributed by atoms with Crippen LogP contribution in [0.25, 0.3) is 10.8 Å². The Hall–Kier alpha value is -2.03. The van der Waals surface area contributed by atoms with Crippen molar-refractivity contribution in [3.8, 4) is 5.75 Å². The van der Waals surface area contributed by atoms with Crippen LogP contribution in [-0.2, 0) is 13.2 Å². The van der Waals surface area contributed by atoms with Crippen LogP contribution in [0.1, 0.15) is 24.5 Å². The SMILES string of the molecule is CCCNCc1c(OCc2ccccc2)ccc2ccccc12.Cl. The molecular formula is C21H24ClNO. The average molecular weight is 342 g/mol. The van der Waals surface area contributed by atoms with E-state index in [1.807, 2.05) is 18.2 Å². The zero-order valence-corrected chi connectivity index (χ0v) is 14.8. The highest BCUT2D eigenvalue weighted by Gasteiger charge is 2.08. The first-order valence-electron chi connectivity index (χ1n) is 8.26. The summed E-state index contributed by atoms with van der Waals surface area (Å²) in [6.45, 7) is 4.63. The fourth-order valence-corrected chi connectivity index (χ4v) is 2.76. The van der Waals surface area contributed by atoms with Gasteiger partial charge in [0.1, 0.15) is 12.4 Å². The Bertz CT molecular complexity index is 758. The monoisotopic (exact) mass is 341 g/mol. The molecule has 3 heteroatoms. The Morgan fingerprint density at radius 2 is 1.62 bits per heavy atom. The average Bonchev–Trinajstić information content (AvgIpc) is 2.62. The van der Waals surface area contributed by atoms with Crippen LogP contribution in [0.5, 0.6) is 5.75 Å². The van der Waals surface area contributed by atoms with Crippen LogP contribution in [0.15, 0.2) is 66.7 Å². The van der Waals surface area contributed by atoms with Crippen molar-refractivity contribution >= 4 is 23.2 Å². The van der Waals surface area contributed by atoms with E-state index < -0.39 is 0 Å². The molecule has 0 heterocycles. The van der Waals surface area contributed by atoms with E-state index in [0.29, 0.717) is 6.61 Å². The molecule has 3 rings (SSSR count). The molecular weight excluding hydrogens is 318 g/mol. The molecule has 3 aromatic rings. The summed E-state index contributed by atoms with van der Waals surface area (Å²) >= 11 is 0. The van der Waals surface area contributed by atoms with E-state index in [1.165, 1.54) is 21.9 Å². The predicted octanol–water partition coefficient (Wildman–Crippen LogP) is 5.34. The van der Waals surface area contributed by atoms with Gasteiger partial charge >= 0.3 is 0 Å². The Kier molecular flexibility index (Phi) is 7.10. The summed E-state index contributed by atoms with van der Waals surface area (Å²) in [5, 5.41) is 6.02. The molecule has 0 unspecified atom stereocenters. The summed E-state index contributed by atoms with van der Waals surface area (Å²) < 4.78 is 6.12. The zero-order valence-electron chi connectivity index (χ0n) is 14.0. The number of halogens is 1. The summed E-state index contributed by atoms with van der Waals surface area (Å²) in [6.07, 6.45) is 1.13. The first-order valence-corrected chi connectivity index (χ1v) is 8.26. The van der Waals surface area contributed by atoms with Gasteiger partial charge in [0.25, 0.3) is 0 Å². The quantitative estimate of drug-likeness (QED) is 0.586. The number of hydrogen-bond donors (Lipinski definition) is 1. The van der Waals surface area contributed by atoms with Gasteiger partial charge in [-0.05, 0) is 35.4 Å². The zero-order chi connectivity index (χ0) is 15.9. The van der Waals surface area contributed by atoms with Gasteiger partial charge < -0.3 is 10.1 Å². The van der Waals surface area contributed by atoms with E-state index in [4.69, 9.17) is 4.74 Å². The Morgan fingerprint density at radius 3 is 2.42 bits per heavy atom. The highest BCUT2D eigenvalue weighted by atomic mass is 35.5. The minimum Gasteiger partial charge on any atom is -0.489 e. The molecule has 0 amide bonds. The van der Waals surface area contributed by atoms with Crippen LogP contribution in [0.4, 0.5) is 0 Å². The molecule has 0 spiro atoms. The fraction of sp³-hybridized carbons (Fsp3) is 0.238. The number of hydrogen-bond acceptors (Lipinski definition) is 2. The van der Waals surface area contributed by atoms with Crippen LogP contribution in [-0.4, -0.2) is 6.54 Å². The molecule has 0 aliphatic rings. The van der Waals surface area contributed by atoms with Crippen molar-refractivity contribution in [3.63, 3.8) is 0 Å². The maximum absolute atomic E-state index is 6.12. The van der Waals surface area contributed by atoms with Gasteiger partial charge in [0, 0.05) is 12.1 Å². The predicted molar refractivity (Wildman–Crippen MR) is 104 cm³/mol. The molecule has 2 nitrogen and oxygen atoms in total. The van der Waals surface area contributed by atoms with Crippen molar-refractivity contribution in [3.05, 3.63) is 77.9 Å². The lowest BCUT2D eigenvalue weighted by Gasteiger charge is -2.15. The largest absolute Gasteiger partial charge is 0.489 e. The smallest absolute Gasteiger partial charge is 0.124 e. The number of rotatable bonds is 7. The van der Waals surface area contributed by atoms with E-state index >= 15 is 0 Å². The molecule has 0 aliphatic carbocycles. The first-order chi connectivity index (χ1) is 11.4. The third-order valence-corrected chi connectivity index (χ3v) is 3.96. The summed E-state index contributed by atoms with van der Waals surface area (Å²) in [4.78, 5) is 0. The summed E-state index contributed by atoms with van der Waals surface area (Å²) in [7, 11) is 0. The summed E-state index contributed by atoms with van der Waals surface area (Å²) in [5.74, 6) is 0.969. The second-order valence-corrected chi connectivity index (χ2v) is 5.71. The van der Waals surface area contributed by atoms with Crippen molar-refractivity contribution in [1.82, 2.24) is 5.32 Å². The number of nitrogens with one attached hydrogen (secondary N) is 1. The summed E-state index contributed by atoms with van der Waals surface area (Å²) in [6, 6.07) is 23.0. The molecule has 0 saturated heterocycles. The molecule has 24 heavy (non-hydrogen) atoms. The first kappa shape index (κ1) is 18.3. The Balaban J connectivity index is 0.00000208. The van der Waals surface area contributed by atoms with E-state index in [2.05, 4.69) is 60.8 Å². The molecule has 0 saturated carbocycles. The van der Waals surface area contributed by atoms with Gasteiger partial charge in [-0.2, -0.15) is 0 Å². The number of benzene rings is 3. The van der Waals surface area contributed by atoms with Gasteiger partial charge in [0.15, 0.2) is 0 Å². The maximum Gasteiger partial charge on any atom is 0.124 e. The highest BCUT2D eigenvalue weighted by molar-refractivity contribution is 5.87. The van der Waals surface area contributed by atoms with Crippen molar-refractivity contribution in [2.45, 2.75) is 26.5 Å². The molecule has 0 aromatic heterocycles. The van der Waals surface area contributed by atoms with Gasteiger partial charge in [-0.1, -0.05) is 67.6 Å². The molecule has 0 aliphatic heterocycles. The van der Waals surface area contributed by atoms with E-state index in [1.54, 1.807) is 0 Å². The summed E-state index contributed by atoms with van der Waals surface area (Å²) in [5.41, 5.74) is 2.43. The maximum atomic E-state index is 6.12. The molecule has 126 valence electrons. The van der Waals surface area contributed by atoms with Crippen molar-refractivity contribution < 1.29 is 4.74 Å². The Labute approximate surface area is 150 Å². The van der Waals surface area contributed by atoms with Gasteiger partial charge in [-0.3, -0.25) is 0 Å². The normalized spacial score (nSPS) is 10.4. The molecule has 0 fully saturated rings. The van der Waals surface area contributed by atoms with Crippen molar-refractivity contribution in [2.75, 3.05) is 6.54 Å². The van der Waals surface area contributed by atoms with E-state index in [9.17, 15) is 0 Å². The van der Waals surface area contributed by atoms with Gasteiger partial charge in [0.05, 0.1) is 0 Å². The van der Waals surface area contributed by atoms with E-state index in [0.717, 1.165) is 25.3 Å². The highest BCUT2D eigenvalue weighted by Crippen LogP contribution is 2.28. The lowest BCUT2D eigenvalue weighted by molar-refractivity contribution is 0.303. The van der Waals surface area contributed by atoms with Crippen LogP contribution < -0.4 is 10.1 Å². The third kappa shape index (κ3) is 4.50. The fourth-order valence-electron chi connectivity index (χ4n) is 2.76. The second kappa shape index (κ2) is 9.31. The molecule has 0 atom stereocenters.